The van der Waals surface area contributed by atoms with Crippen LogP contribution in [0.5, 0.6) is 0 Å². The molecule has 0 radical (unpaired) electrons. The number of amides is 3. The van der Waals surface area contributed by atoms with Crippen LogP contribution in [0.3, 0.4) is 0 Å². The summed E-state index contributed by atoms with van der Waals surface area (Å²) in [6.07, 6.45) is 4.88. The minimum absolute atomic E-state index is 0.0776. The number of hydrogen-bond donors (Lipinski definition) is 1. The van der Waals surface area contributed by atoms with Gasteiger partial charge in [0.05, 0.1) is 5.92 Å². The lowest BCUT2D eigenvalue weighted by Gasteiger charge is -2.36. The summed E-state index contributed by atoms with van der Waals surface area (Å²) in [4.78, 5) is 28.9. The van der Waals surface area contributed by atoms with Crippen molar-refractivity contribution in [2.24, 2.45) is 5.92 Å². The maximum atomic E-state index is 12.8. The molecule has 0 unspecified atom stereocenters. The van der Waals surface area contributed by atoms with Crippen LogP contribution in [0.4, 0.5) is 10.5 Å². The number of nitrogens with zero attached hydrogens (tertiary/aromatic N) is 2. The molecule has 128 valence electrons. The molecule has 0 bridgehead atoms. The fourth-order valence-electron chi connectivity index (χ4n) is 3.44. The van der Waals surface area contributed by atoms with E-state index in [1.807, 2.05) is 35.2 Å². The van der Waals surface area contributed by atoms with Crippen molar-refractivity contribution in [3.63, 3.8) is 0 Å². The van der Waals surface area contributed by atoms with Gasteiger partial charge in [-0.2, -0.15) is 0 Å². The molecule has 5 heteroatoms. The van der Waals surface area contributed by atoms with E-state index in [9.17, 15) is 9.59 Å². The van der Waals surface area contributed by atoms with Gasteiger partial charge in [0.2, 0.25) is 5.91 Å². The van der Waals surface area contributed by atoms with E-state index in [1.165, 1.54) is 5.57 Å². The van der Waals surface area contributed by atoms with E-state index in [0.29, 0.717) is 13.1 Å². The van der Waals surface area contributed by atoms with Gasteiger partial charge in [-0.25, -0.2) is 4.79 Å². The highest BCUT2D eigenvalue weighted by atomic mass is 16.2. The predicted molar refractivity (Wildman–Crippen MR) is 94.7 cm³/mol. The number of benzene rings is 1. The van der Waals surface area contributed by atoms with Crippen molar-refractivity contribution in [2.75, 3.05) is 31.5 Å². The van der Waals surface area contributed by atoms with Gasteiger partial charge in [0.1, 0.15) is 0 Å². The summed E-state index contributed by atoms with van der Waals surface area (Å²) in [5.41, 5.74) is 2.04. The maximum absolute atomic E-state index is 12.8. The van der Waals surface area contributed by atoms with Crippen molar-refractivity contribution >= 4 is 17.6 Å². The Balaban J connectivity index is 1.58. The predicted octanol–water partition coefficient (Wildman–Crippen LogP) is 3.11. The number of rotatable bonds is 2. The lowest BCUT2D eigenvalue weighted by atomic mass is 9.95. The summed E-state index contributed by atoms with van der Waals surface area (Å²) in [5, 5.41) is 2.91. The van der Waals surface area contributed by atoms with Crippen LogP contribution in [-0.2, 0) is 4.79 Å². The molecule has 0 saturated carbocycles. The zero-order valence-electron chi connectivity index (χ0n) is 14.2. The highest BCUT2D eigenvalue weighted by Gasteiger charge is 2.31. The van der Waals surface area contributed by atoms with Crippen LogP contribution in [0.1, 0.15) is 26.2 Å². The molecule has 0 spiro atoms. The SMILES string of the molecule is CC1=CCCN(C(=O)[C@@H]2CCCN(C(=O)Nc3ccccc3)C2)C1. The Labute approximate surface area is 143 Å². The van der Waals surface area contributed by atoms with Gasteiger partial charge in [0, 0.05) is 31.9 Å². The summed E-state index contributed by atoms with van der Waals surface area (Å²) in [6.45, 7) is 4.81. The van der Waals surface area contributed by atoms with Crippen molar-refractivity contribution in [1.29, 1.82) is 0 Å². The first-order chi connectivity index (χ1) is 11.6. The van der Waals surface area contributed by atoms with Gasteiger partial charge in [-0.15, -0.1) is 0 Å². The molecule has 2 heterocycles. The Morgan fingerprint density at radius 3 is 2.67 bits per heavy atom. The molecule has 3 rings (SSSR count). The highest BCUT2D eigenvalue weighted by molar-refractivity contribution is 5.90. The van der Waals surface area contributed by atoms with Crippen LogP contribution in [0.15, 0.2) is 42.0 Å². The molecule has 1 saturated heterocycles. The van der Waals surface area contributed by atoms with Gasteiger partial charge in [0.25, 0.3) is 0 Å². The third kappa shape index (κ3) is 3.96. The van der Waals surface area contributed by atoms with Crippen LogP contribution >= 0.6 is 0 Å². The van der Waals surface area contributed by atoms with E-state index >= 15 is 0 Å². The number of nitrogens with one attached hydrogen (secondary N) is 1. The van der Waals surface area contributed by atoms with Crippen LogP contribution in [0.2, 0.25) is 0 Å². The maximum Gasteiger partial charge on any atom is 0.321 e. The Hall–Kier alpha value is -2.30. The Bertz CT molecular complexity index is 627. The number of likely N-dealkylation sites (tertiary alicyclic amines) is 1. The van der Waals surface area contributed by atoms with Crippen molar-refractivity contribution in [3.05, 3.63) is 42.0 Å². The second-order valence-corrected chi connectivity index (χ2v) is 6.68. The van der Waals surface area contributed by atoms with Gasteiger partial charge in [-0.3, -0.25) is 4.79 Å². The monoisotopic (exact) mass is 327 g/mol. The Morgan fingerprint density at radius 2 is 1.92 bits per heavy atom. The smallest absolute Gasteiger partial charge is 0.321 e. The van der Waals surface area contributed by atoms with E-state index < -0.39 is 0 Å². The van der Waals surface area contributed by atoms with Crippen molar-refractivity contribution in [1.82, 2.24) is 9.80 Å². The molecule has 3 amide bonds. The third-order valence-corrected chi connectivity index (χ3v) is 4.73. The Kier molecular flexibility index (Phi) is 5.18. The summed E-state index contributed by atoms with van der Waals surface area (Å²) < 4.78 is 0. The average molecular weight is 327 g/mol. The summed E-state index contributed by atoms with van der Waals surface area (Å²) in [6, 6.07) is 9.32. The lowest BCUT2D eigenvalue weighted by Crippen LogP contribution is -2.48. The van der Waals surface area contributed by atoms with E-state index in [2.05, 4.69) is 18.3 Å². The van der Waals surface area contributed by atoms with E-state index in [1.54, 1.807) is 4.90 Å². The van der Waals surface area contributed by atoms with Gasteiger partial charge < -0.3 is 15.1 Å². The molecule has 0 aromatic heterocycles. The van der Waals surface area contributed by atoms with Crippen LogP contribution in [0.25, 0.3) is 0 Å². The van der Waals surface area contributed by atoms with E-state index in [-0.39, 0.29) is 17.9 Å². The fourth-order valence-corrected chi connectivity index (χ4v) is 3.44. The zero-order valence-corrected chi connectivity index (χ0v) is 14.2. The number of hydrogen-bond acceptors (Lipinski definition) is 2. The first kappa shape index (κ1) is 16.6. The molecule has 1 N–H and O–H groups in total. The normalized spacial score (nSPS) is 21.2. The van der Waals surface area contributed by atoms with Crippen LogP contribution in [0, 0.1) is 5.92 Å². The standard InChI is InChI=1S/C19H25N3O2/c1-15-7-5-11-21(13-15)18(23)16-8-6-12-22(14-16)19(24)20-17-9-3-2-4-10-17/h2-4,7,9-10,16H,5-6,8,11-14H2,1H3,(H,20,24)/t16-/m1/s1. The number of para-hydroxylation sites is 1. The zero-order chi connectivity index (χ0) is 16.9. The number of carbonyl (C=O) groups excluding carboxylic acids is 2. The minimum atomic E-state index is -0.117. The summed E-state index contributed by atoms with van der Waals surface area (Å²) in [7, 11) is 0. The highest BCUT2D eigenvalue weighted by Crippen LogP contribution is 2.22. The fraction of sp³-hybridized carbons (Fsp3) is 0.474. The molecule has 0 aliphatic carbocycles. The van der Waals surface area contributed by atoms with Crippen LogP contribution < -0.4 is 5.32 Å². The minimum Gasteiger partial charge on any atom is -0.338 e. The van der Waals surface area contributed by atoms with E-state index in [0.717, 1.165) is 38.0 Å². The van der Waals surface area contributed by atoms with Gasteiger partial charge >= 0.3 is 6.03 Å². The second kappa shape index (κ2) is 7.51. The van der Waals surface area contributed by atoms with Gasteiger partial charge in [0.15, 0.2) is 0 Å². The third-order valence-electron chi connectivity index (χ3n) is 4.73. The molecular formula is C19H25N3O2. The number of carbonyl (C=O) groups is 2. The molecule has 2 aliphatic rings. The van der Waals surface area contributed by atoms with Crippen molar-refractivity contribution in [3.8, 4) is 0 Å². The molecule has 2 aliphatic heterocycles. The number of anilines is 1. The molecule has 5 nitrogen and oxygen atoms in total. The van der Waals surface area contributed by atoms with E-state index in [4.69, 9.17) is 0 Å². The summed E-state index contributed by atoms with van der Waals surface area (Å²) >= 11 is 0. The van der Waals surface area contributed by atoms with Gasteiger partial charge in [-0.1, -0.05) is 29.8 Å². The second-order valence-electron chi connectivity index (χ2n) is 6.68. The number of piperidine rings is 1. The molecule has 1 aromatic carbocycles. The van der Waals surface area contributed by atoms with Crippen molar-refractivity contribution < 1.29 is 9.59 Å². The molecule has 1 fully saturated rings. The first-order valence-electron chi connectivity index (χ1n) is 8.69. The quantitative estimate of drug-likeness (QED) is 0.849. The Morgan fingerprint density at radius 1 is 1.12 bits per heavy atom. The molecular weight excluding hydrogens is 302 g/mol. The molecule has 1 aromatic rings. The number of urea groups is 1. The molecule has 1 atom stereocenters. The van der Waals surface area contributed by atoms with Crippen LogP contribution in [-0.4, -0.2) is 47.9 Å². The summed E-state index contributed by atoms with van der Waals surface area (Å²) in [5.74, 6) is 0.117. The lowest BCUT2D eigenvalue weighted by molar-refractivity contribution is -0.136. The largest absolute Gasteiger partial charge is 0.338 e. The average Bonchev–Trinajstić information content (AvgIpc) is 2.62. The molecule has 24 heavy (non-hydrogen) atoms. The first-order valence-corrected chi connectivity index (χ1v) is 8.69. The van der Waals surface area contributed by atoms with Crippen molar-refractivity contribution in [2.45, 2.75) is 26.2 Å². The van der Waals surface area contributed by atoms with Gasteiger partial charge in [-0.05, 0) is 38.3 Å². The topological polar surface area (TPSA) is 52.7 Å².